The van der Waals surface area contributed by atoms with Crippen LogP contribution in [0.3, 0.4) is 0 Å². The van der Waals surface area contributed by atoms with Gasteiger partial charge in [-0.1, -0.05) is 18.2 Å². The Kier molecular flexibility index (Phi) is 5.31. The first-order chi connectivity index (χ1) is 13.8. The van der Waals surface area contributed by atoms with Crippen LogP contribution in [0.5, 0.6) is 0 Å². The molecule has 4 rings (SSSR count). The van der Waals surface area contributed by atoms with E-state index in [0.717, 1.165) is 45.9 Å². The molecule has 2 aromatic heterocycles. The quantitative estimate of drug-likeness (QED) is 0.658. The van der Waals surface area contributed by atoms with Crippen molar-refractivity contribution in [3.63, 3.8) is 0 Å². The van der Waals surface area contributed by atoms with E-state index in [-0.39, 0.29) is 5.78 Å². The lowest BCUT2D eigenvalue weighted by Gasteiger charge is -2.27. The third kappa shape index (κ3) is 4.13. The van der Waals surface area contributed by atoms with Crippen LogP contribution in [0.1, 0.15) is 20.8 Å². The van der Waals surface area contributed by atoms with Crippen LogP contribution < -0.4 is 14.8 Å². The maximum atomic E-state index is 12.8. The molecule has 4 nitrogen and oxygen atoms in total. The smallest absolute Gasteiger partial charge is 0.322 e. The molecule has 3 heterocycles. The van der Waals surface area contributed by atoms with Gasteiger partial charge < -0.3 is 4.90 Å². The number of rotatable bonds is 4. The van der Waals surface area contributed by atoms with Crippen molar-refractivity contribution in [2.24, 2.45) is 0 Å². The van der Waals surface area contributed by atoms with Gasteiger partial charge in [0.15, 0.2) is 0 Å². The fourth-order valence-electron chi connectivity index (χ4n) is 3.78. The second-order valence-electron chi connectivity index (χ2n) is 7.35. The van der Waals surface area contributed by atoms with Gasteiger partial charge in [-0.3, -0.25) is 9.69 Å². The van der Waals surface area contributed by atoms with E-state index in [9.17, 15) is 18.0 Å². The number of Topliss-reactive ketones (excluding diaryl/α,β-unsaturated/α-hetero) is 1. The number of aromatic nitrogens is 1. The molecule has 1 aliphatic heterocycles. The van der Waals surface area contributed by atoms with Gasteiger partial charge in [-0.25, -0.2) is 4.98 Å². The Hall–Kier alpha value is -2.45. The second kappa shape index (κ2) is 7.76. The number of hydrogen-bond donors (Lipinski definition) is 1. The lowest BCUT2D eigenvalue weighted by molar-refractivity contribution is -0.892. The van der Waals surface area contributed by atoms with Gasteiger partial charge in [-0.2, -0.15) is 13.2 Å². The van der Waals surface area contributed by atoms with Crippen molar-refractivity contribution in [3.8, 4) is 0 Å². The van der Waals surface area contributed by atoms with E-state index >= 15 is 0 Å². The minimum atomic E-state index is -4.34. The number of nitrogens with zero attached hydrogens (tertiary/aromatic N) is 1. The summed E-state index contributed by atoms with van der Waals surface area (Å²) in [5, 5.41) is 1.14. The van der Waals surface area contributed by atoms with Crippen molar-refractivity contribution >= 4 is 33.0 Å². The summed E-state index contributed by atoms with van der Waals surface area (Å²) >= 11 is 1.55. The zero-order valence-electron chi connectivity index (χ0n) is 16.0. The molecule has 1 aromatic carbocycles. The van der Waals surface area contributed by atoms with Gasteiger partial charge in [-0.05, 0) is 30.0 Å². The fourth-order valence-corrected chi connectivity index (χ4v) is 4.92. The van der Waals surface area contributed by atoms with E-state index < -0.39 is 11.7 Å². The van der Waals surface area contributed by atoms with Crippen LogP contribution in [0.4, 0.5) is 19.0 Å². The number of ketones is 1. The van der Waals surface area contributed by atoms with Crippen molar-refractivity contribution in [3.05, 3.63) is 58.6 Å². The lowest BCUT2D eigenvalue weighted by Crippen LogP contribution is -3.15. The minimum absolute atomic E-state index is 0.160. The summed E-state index contributed by atoms with van der Waals surface area (Å²) in [7, 11) is 0. The Bertz CT molecular complexity index is 1020. The van der Waals surface area contributed by atoms with Gasteiger partial charge in [0.05, 0.1) is 10.4 Å². The number of alkyl halides is 3. The molecule has 3 aromatic rings. The highest BCUT2D eigenvalue weighted by Gasteiger charge is 2.33. The number of piperazine rings is 1. The van der Waals surface area contributed by atoms with E-state index in [2.05, 4.69) is 4.98 Å². The summed E-state index contributed by atoms with van der Waals surface area (Å²) in [5.74, 6) is 0.831. The van der Waals surface area contributed by atoms with Gasteiger partial charge in [-0.15, -0.1) is 11.3 Å². The largest absolute Gasteiger partial charge is 0.419 e. The van der Waals surface area contributed by atoms with E-state index in [1.807, 2.05) is 36.1 Å². The van der Waals surface area contributed by atoms with Crippen molar-refractivity contribution < 1.29 is 27.8 Å². The van der Waals surface area contributed by atoms with E-state index in [0.29, 0.717) is 25.5 Å². The number of benzene rings is 1. The Morgan fingerprint density at radius 3 is 2.52 bits per heavy atom. The monoisotopic (exact) mass is 421 g/mol. The normalized spacial score (nSPS) is 15.8. The topological polar surface area (TPSA) is 38.9 Å². The molecule has 1 aliphatic rings. The summed E-state index contributed by atoms with van der Waals surface area (Å²) in [6, 6.07) is 10.6. The van der Waals surface area contributed by atoms with Gasteiger partial charge >= 0.3 is 6.18 Å². The number of aryl methyl sites for hydroxylation is 1. The molecule has 0 spiro atoms. The molecule has 2 N–H and O–H groups in total. The standard InChI is InChI=1S/C21H20F3N3OS/c1-14-16-4-2-3-5-18(16)29-20(14)17(28)13-26-8-10-27(11-9-26)19-7-6-15(12-25-19)21(22,23)24/h2-7,12H,8-11,13H2,1H3/p+2. The highest BCUT2D eigenvalue weighted by Crippen LogP contribution is 2.30. The van der Waals surface area contributed by atoms with Gasteiger partial charge in [0, 0.05) is 10.8 Å². The Balaban J connectivity index is 1.37. The summed E-state index contributed by atoms with van der Waals surface area (Å²) in [4.78, 5) is 19.7. The van der Waals surface area contributed by atoms with E-state index in [4.69, 9.17) is 0 Å². The fraction of sp³-hybridized carbons (Fsp3) is 0.333. The molecule has 1 fully saturated rings. The Labute approximate surface area is 170 Å². The van der Waals surface area contributed by atoms with Crippen LogP contribution in [-0.2, 0) is 6.18 Å². The highest BCUT2D eigenvalue weighted by molar-refractivity contribution is 7.21. The van der Waals surface area contributed by atoms with Gasteiger partial charge in [0.25, 0.3) is 5.82 Å². The molecular formula is C21H22F3N3OS+2. The first kappa shape index (κ1) is 19.8. The maximum Gasteiger partial charge on any atom is 0.419 e. The third-order valence-electron chi connectivity index (χ3n) is 5.44. The average molecular weight is 421 g/mol. The molecule has 0 radical (unpaired) electrons. The molecule has 8 heteroatoms. The molecule has 0 amide bonds. The number of anilines is 1. The Morgan fingerprint density at radius 2 is 1.90 bits per heavy atom. The van der Waals surface area contributed by atoms with E-state index in [1.54, 1.807) is 11.3 Å². The zero-order chi connectivity index (χ0) is 20.6. The maximum absolute atomic E-state index is 12.8. The number of fused-ring (bicyclic) bond motifs is 1. The van der Waals surface area contributed by atoms with Crippen molar-refractivity contribution in [2.75, 3.05) is 37.6 Å². The third-order valence-corrected chi connectivity index (χ3v) is 6.76. The van der Waals surface area contributed by atoms with Crippen molar-refractivity contribution in [1.82, 2.24) is 0 Å². The van der Waals surface area contributed by atoms with Gasteiger partial charge in [0.2, 0.25) is 5.78 Å². The molecular weight excluding hydrogens is 399 g/mol. The molecule has 0 atom stereocenters. The molecule has 29 heavy (non-hydrogen) atoms. The minimum Gasteiger partial charge on any atom is -0.322 e. The number of H-pyrrole nitrogens is 1. The summed E-state index contributed by atoms with van der Waals surface area (Å²) in [5.41, 5.74) is 0.364. The van der Waals surface area contributed by atoms with Crippen LogP contribution in [0, 0.1) is 6.92 Å². The first-order valence-corrected chi connectivity index (χ1v) is 10.3. The predicted molar refractivity (Wildman–Crippen MR) is 107 cm³/mol. The molecule has 0 saturated carbocycles. The Morgan fingerprint density at radius 1 is 1.17 bits per heavy atom. The van der Waals surface area contributed by atoms with E-state index in [1.165, 1.54) is 11.0 Å². The van der Waals surface area contributed by atoms with Crippen LogP contribution in [-0.4, -0.2) is 38.5 Å². The van der Waals surface area contributed by atoms with Crippen LogP contribution in [0.2, 0.25) is 0 Å². The zero-order valence-corrected chi connectivity index (χ0v) is 16.8. The average Bonchev–Trinajstić information content (AvgIpc) is 3.05. The molecule has 1 saturated heterocycles. The number of hydrogen-bond acceptors (Lipinski definition) is 3. The van der Waals surface area contributed by atoms with Gasteiger partial charge in [0.1, 0.15) is 38.9 Å². The number of quaternary nitrogens is 1. The second-order valence-corrected chi connectivity index (χ2v) is 8.40. The SMILES string of the molecule is Cc1c(C(=O)C[NH+]2CCN(c3ccc(C(F)(F)F)c[nH+]3)CC2)sc2ccccc12. The summed E-state index contributed by atoms with van der Waals surface area (Å²) in [6.45, 7) is 5.36. The van der Waals surface area contributed by atoms with Crippen LogP contribution in [0.15, 0.2) is 42.6 Å². The van der Waals surface area contributed by atoms with Crippen LogP contribution >= 0.6 is 11.3 Å². The summed E-state index contributed by atoms with van der Waals surface area (Å²) in [6.07, 6.45) is -3.34. The number of carbonyl (C=O) groups is 1. The number of thiophene rings is 1. The molecule has 0 unspecified atom stereocenters. The molecule has 152 valence electrons. The highest BCUT2D eigenvalue weighted by atomic mass is 32.1. The molecule has 0 bridgehead atoms. The number of aromatic amines is 1. The molecule has 0 aliphatic carbocycles. The van der Waals surface area contributed by atoms with Crippen molar-refractivity contribution in [1.29, 1.82) is 0 Å². The number of carbonyl (C=O) groups excluding carboxylic acids is 1. The van der Waals surface area contributed by atoms with Crippen molar-refractivity contribution in [2.45, 2.75) is 13.1 Å². The summed E-state index contributed by atoms with van der Waals surface area (Å²) < 4.78 is 39.2. The number of halogens is 3. The number of pyridine rings is 1. The first-order valence-electron chi connectivity index (χ1n) is 9.51. The van der Waals surface area contributed by atoms with Crippen LogP contribution in [0.25, 0.3) is 10.1 Å². The number of nitrogens with one attached hydrogen (secondary N) is 2. The predicted octanol–water partition coefficient (Wildman–Crippen LogP) is 2.63. The lowest BCUT2D eigenvalue weighted by atomic mass is 10.1.